The third-order valence-electron chi connectivity index (χ3n) is 15.3. The topological polar surface area (TPSA) is 201 Å². The zero-order valence-electron chi connectivity index (χ0n) is 42.3. The van der Waals surface area contributed by atoms with Crippen LogP contribution in [0.3, 0.4) is 0 Å². The van der Waals surface area contributed by atoms with Gasteiger partial charge in [-0.15, -0.1) is 0 Å². The van der Waals surface area contributed by atoms with Gasteiger partial charge in [0.15, 0.2) is 13.2 Å². The average Bonchev–Trinajstić information content (AvgIpc) is 3.29. The number of nitrogens with zero attached hydrogens (tertiary/aromatic N) is 1. The van der Waals surface area contributed by atoms with Crippen LogP contribution < -0.4 is 0 Å². The van der Waals surface area contributed by atoms with Crippen molar-refractivity contribution in [1.29, 1.82) is 0 Å². The molecular formula is C52H80NO14P. The van der Waals surface area contributed by atoms with Crippen LogP contribution in [0.2, 0.25) is 0 Å². The number of ether oxygens (including phenoxy) is 5. The Kier molecular flexibility index (Phi) is 20.0. The first kappa shape index (κ1) is 55.8. The first-order valence-corrected chi connectivity index (χ1v) is 27.3. The van der Waals surface area contributed by atoms with Gasteiger partial charge in [-0.3, -0.25) is 23.7 Å². The normalized spacial score (nSPS) is 41.6. The van der Waals surface area contributed by atoms with E-state index in [1.807, 2.05) is 51.2 Å². The number of aliphatic hydroxyl groups is 2. The molecule has 6 unspecified atom stereocenters. The zero-order chi connectivity index (χ0) is 50.2. The number of methoxy groups -OCH3 is 3. The number of Topliss-reactive ketones (excluding diaryl/α,β-unsaturated/α-hetero) is 3. The summed E-state index contributed by atoms with van der Waals surface area (Å²) in [5.74, 6) is -8.61. The van der Waals surface area contributed by atoms with E-state index in [1.165, 1.54) is 12.0 Å². The summed E-state index contributed by atoms with van der Waals surface area (Å²) < 4.78 is 48.4. The van der Waals surface area contributed by atoms with Crippen LogP contribution >= 0.6 is 7.37 Å². The third kappa shape index (κ3) is 13.6. The maximum Gasteiger partial charge on any atom is 0.329 e. The Bertz CT molecular complexity index is 1970. The molecule has 0 aromatic rings. The van der Waals surface area contributed by atoms with Crippen molar-refractivity contribution in [2.45, 2.75) is 167 Å². The summed E-state index contributed by atoms with van der Waals surface area (Å²) in [6.07, 6.45) is 11.0. The molecule has 0 radical (unpaired) electrons. The molecule has 4 heterocycles. The van der Waals surface area contributed by atoms with Crippen LogP contribution in [0.15, 0.2) is 47.6 Å². The van der Waals surface area contributed by atoms with Crippen LogP contribution in [-0.4, -0.2) is 140 Å². The Balaban J connectivity index is 1.51. The number of allylic oxidation sites excluding steroid dienone is 6. The summed E-state index contributed by atoms with van der Waals surface area (Å²) in [6, 6.07) is -1.15. The number of amides is 1. The second-order valence-electron chi connectivity index (χ2n) is 20.8. The van der Waals surface area contributed by atoms with Crippen molar-refractivity contribution in [2.24, 2.45) is 41.4 Å². The molecule has 4 aliphatic heterocycles. The van der Waals surface area contributed by atoms with E-state index in [-0.39, 0.29) is 48.6 Å². The zero-order valence-corrected chi connectivity index (χ0v) is 43.2. The maximum absolute atomic E-state index is 14.5. The number of ketones is 3. The molecule has 0 aromatic carbocycles. The summed E-state index contributed by atoms with van der Waals surface area (Å²) in [7, 11) is 1.73. The molecule has 0 spiro atoms. The van der Waals surface area contributed by atoms with E-state index < -0.39 is 97.0 Å². The third-order valence-corrected chi connectivity index (χ3v) is 16.1. The predicted molar refractivity (Wildman–Crippen MR) is 257 cm³/mol. The number of hydrogen-bond donors (Lipinski definition) is 2. The minimum Gasteiger partial charge on any atom is -0.460 e. The molecule has 4 fully saturated rings. The second-order valence-corrected chi connectivity index (χ2v) is 23.6. The Morgan fingerprint density at radius 1 is 0.853 bits per heavy atom. The molecule has 1 aliphatic carbocycles. The van der Waals surface area contributed by atoms with Crippen LogP contribution in [0, 0.1) is 41.4 Å². The van der Waals surface area contributed by atoms with Crippen LogP contribution in [0.4, 0.5) is 0 Å². The molecule has 0 aromatic heterocycles. The first-order chi connectivity index (χ1) is 32.0. The van der Waals surface area contributed by atoms with E-state index in [9.17, 15) is 38.8 Å². The number of esters is 1. The summed E-state index contributed by atoms with van der Waals surface area (Å²) in [5.41, 5.74) is 1.27. The highest BCUT2D eigenvalue weighted by Gasteiger charge is 2.57. The van der Waals surface area contributed by atoms with E-state index in [4.69, 9.17) is 28.2 Å². The van der Waals surface area contributed by atoms with Gasteiger partial charge in [0, 0.05) is 77.7 Å². The Morgan fingerprint density at radius 2 is 1.57 bits per heavy atom. The second kappa shape index (κ2) is 24.3. The van der Waals surface area contributed by atoms with Crippen molar-refractivity contribution in [2.75, 3.05) is 41.2 Å². The minimum absolute atomic E-state index is 0.0155. The van der Waals surface area contributed by atoms with Gasteiger partial charge in [-0.05, 0) is 101 Å². The van der Waals surface area contributed by atoms with Gasteiger partial charge < -0.3 is 43.3 Å². The lowest BCUT2D eigenvalue weighted by Gasteiger charge is -2.50. The standard InChI is InChI=1S/C52H80NO14P/c1-30-16-13-12-14-17-31(2)42(62-7)28-37-21-19-35(6)52(60,66-37)49(57)50(58)53-23-15-18-38-39(26-36-20-22-41(44(27-36)63-8)67-68(10,11)61)43(65-51(59)45(38)53)29-40(54)32(3)25-34(5)47(56)48(64-9)46(55)33(4)24-30/h12-14,16-17,25,30,32-33,35-39,41-45,47-48,56,60H,15,18-24,26-29H2,1-11H3/b14-12+,16-13+,31-17+,34-25+/t30?,32?,33-,35-,36+,37+,38-,39?,41-,42+,43?,44-,45?,47-,48+,52?/m1/s1. The lowest BCUT2D eigenvalue weighted by atomic mass is 9.68. The number of hydrogen-bond acceptors (Lipinski definition) is 14. The van der Waals surface area contributed by atoms with Crippen LogP contribution in [0.1, 0.15) is 112 Å². The highest BCUT2D eigenvalue weighted by atomic mass is 31.2. The molecule has 2 N–H and O–H groups in total. The fourth-order valence-corrected chi connectivity index (χ4v) is 12.2. The molecule has 1 saturated carbocycles. The molecule has 382 valence electrons. The molecule has 16 atom stereocenters. The van der Waals surface area contributed by atoms with Crippen molar-refractivity contribution in [3.63, 3.8) is 0 Å². The fraction of sp³-hybridized carbons (Fsp3) is 0.750. The summed E-state index contributed by atoms with van der Waals surface area (Å²) in [5, 5.41) is 23.6. The van der Waals surface area contributed by atoms with Crippen LogP contribution in [0.25, 0.3) is 0 Å². The molecule has 16 heteroatoms. The van der Waals surface area contributed by atoms with E-state index in [1.54, 1.807) is 54.4 Å². The fourth-order valence-electron chi connectivity index (χ4n) is 11.4. The van der Waals surface area contributed by atoms with E-state index >= 15 is 0 Å². The van der Waals surface area contributed by atoms with Gasteiger partial charge in [0.2, 0.25) is 5.79 Å². The number of aliphatic hydroxyl groups excluding tert-OH is 1. The minimum atomic E-state index is -2.82. The van der Waals surface area contributed by atoms with E-state index in [0.717, 1.165) is 5.57 Å². The van der Waals surface area contributed by atoms with Gasteiger partial charge in [0.05, 0.1) is 24.4 Å². The number of fused-ring (bicyclic) bond motifs is 4. The summed E-state index contributed by atoms with van der Waals surface area (Å²) in [4.78, 5) is 72.5. The number of rotatable bonds is 7. The van der Waals surface area contributed by atoms with E-state index in [0.29, 0.717) is 69.8 Å². The molecule has 3 saturated heterocycles. The lowest BCUT2D eigenvalue weighted by molar-refractivity contribution is -0.266. The Hall–Kier alpha value is -3.14. The average molecular weight is 974 g/mol. The summed E-state index contributed by atoms with van der Waals surface area (Å²) in [6.45, 7) is 14.0. The lowest BCUT2D eigenvalue weighted by Crippen LogP contribution is -2.65. The SMILES string of the molecule is CO[C@H]1C[C@@H]2CC[C@@H](C)C(O)(O2)C(=O)C(=O)N2CCC[C@@H]3C(C[C@@H]4CC[C@@H](OP(C)(C)=O)[C@H](OC)C4)C(CC(=O)C(C)/C=C(\C)[C@@H](O)[C@@H](OC)C(=O)[C@H](C)CC(C)/C=C/C=C/C=C/1C)OC(=O)C32. The van der Waals surface area contributed by atoms with Crippen molar-refractivity contribution in [1.82, 2.24) is 4.90 Å². The Morgan fingerprint density at radius 3 is 2.24 bits per heavy atom. The van der Waals surface area contributed by atoms with Crippen molar-refractivity contribution < 1.29 is 67.0 Å². The van der Waals surface area contributed by atoms with Crippen molar-refractivity contribution in [3.8, 4) is 0 Å². The van der Waals surface area contributed by atoms with Crippen LogP contribution in [0.5, 0.6) is 0 Å². The number of carbonyl (C=O) groups is 5. The maximum atomic E-state index is 14.5. The van der Waals surface area contributed by atoms with Gasteiger partial charge in [-0.2, -0.15) is 0 Å². The summed E-state index contributed by atoms with van der Waals surface area (Å²) >= 11 is 0. The van der Waals surface area contributed by atoms with E-state index in [2.05, 4.69) is 0 Å². The number of carbonyl (C=O) groups excluding carboxylic acids is 5. The first-order valence-electron chi connectivity index (χ1n) is 24.8. The quantitative estimate of drug-likeness (QED) is 0.115. The monoisotopic (exact) mass is 974 g/mol. The number of piperidine rings is 1. The van der Waals surface area contributed by atoms with Gasteiger partial charge in [0.1, 0.15) is 30.1 Å². The molecule has 15 nitrogen and oxygen atoms in total. The highest BCUT2D eigenvalue weighted by Crippen LogP contribution is 2.48. The van der Waals surface area contributed by atoms with Gasteiger partial charge in [-0.25, -0.2) is 4.79 Å². The van der Waals surface area contributed by atoms with Crippen LogP contribution in [-0.2, 0) is 56.7 Å². The highest BCUT2D eigenvalue weighted by molar-refractivity contribution is 7.57. The smallest absolute Gasteiger partial charge is 0.329 e. The molecule has 68 heavy (non-hydrogen) atoms. The van der Waals surface area contributed by atoms with Gasteiger partial charge in [-0.1, -0.05) is 64.2 Å². The van der Waals surface area contributed by atoms with Gasteiger partial charge in [0.25, 0.3) is 11.7 Å². The van der Waals surface area contributed by atoms with Crippen molar-refractivity contribution >= 4 is 36.6 Å². The predicted octanol–water partition coefficient (Wildman–Crippen LogP) is 6.96. The molecule has 4 bridgehead atoms. The molecular weight excluding hydrogens is 894 g/mol. The molecule has 5 rings (SSSR count). The van der Waals surface area contributed by atoms with Gasteiger partial charge >= 0.3 is 5.97 Å². The largest absolute Gasteiger partial charge is 0.460 e. The Labute approximate surface area is 404 Å². The van der Waals surface area contributed by atoms with Crippen molar-refractivity contribution in [3.05, 3.63) is 47.6 Å². The molecule has 5 aliphatic rings. The molecule has 1 amide bonds.